The van der Waals surface area contributed by atoms with Crippen LogP contribution in [0.25, 0.3) is 11.4 Å². The molecule has 3 aromatic rings. The predicted octanol–water partition coefficient (Wildman–Crippen LogP) is 3.25. The monoisotopic (exact) mass is 437 g/mol. The van der Waals surface area contributed by atoms with E-state index in [4.69, 9.17) is 0 Å². The number of halogens is 2. The maximum atomic E-state index is 14.2. The quantitative estimate of drug-likeness (QED) is 0.653. The first-order valence-corrected chi connectivity index (χ1v) is 9.49. The van der Waals surface area contributed by atoms with E-state index in [1.54, 1.807) is 16.3 Å². The molecule has 1 amide bonds. The third-order valence-corrected chi connectivity index (χ3v) is 5.50. The van der Waals surface area contributed by atoms with Gasteiger partial charge in [0, 0.05) is 17.8 Å². The number of aliphatic hydroxyl groups is 1. The van der Waals surface area contributed by atoms with Crippen molar-refractivity contribution in [3.63, 3.8) is 0 Å². The lowest BCUT2D eigenvalue weighted by molar-refractivity contribution is 0.0435. The Labute approximate surface area is 160 Å². The van der Waals surface area contributed by atoms with Gasteiger partial charge in [0.2, 0.25) is 0 Å². The van der Waals surface area contributed by atoms with Crippen LogP contribution in [0.3, 0.4) is 0 Å². The zero-order valence-electron chi connectivity index (χ0n) is 13.3. The summed E-state index contributed by atoms with van der Waals surface area (Å²) in [7, 11) is 0. The Hall–Kier alpha value is -2.17. The van der Waals surface area contributed by atoms with E-state index in [-0.39, 0.29) is 29.2 Å². The van der Waals surface area contributed by atoms with Gasteiger partial charge in [0.25, 0.3) is 5.91 Å². The Morgan fingerprint density at radius 2 is 2.23 bits per heavy atom. The van der Waals surface area contributed by atoms with E-state index in [9.17, 15) is 14.3 Å². The summed E-state index contributed by atoms with van der Waals surface area (Å²) in [5.74, 6) is -0.948. The summed E-state index contributed by atoms with van der Waals surface area (Å²) in [6, 6.07) is 2.79. The summed E-state index contributed by atoms with van der Waals surface area (Å²) in [4.78, 5) is 20.6. The lowest BCUT2D eigenvalue weighted by atomic mass is 9.90. The minimum absolute atomic E-state index is 0.00888. The second-order valence-electron chi connectivity index (χ2n) is 5.92. The van der Waals surface area contributed by atoms with Crippen LogP contribution in [0.4, 0.5) is 10.1 Å². The molecule has 10 heteroatoms. The standard InChI is InChI=1S/C16H13BrFN5O2S/c17-16-21-12(7-26-16)15(25)20-11-6-23(8-4-9(24)5-8)22-14(11)13-10(18)2-1-3-19-13/h1-3,6-9,24H,4-5H2,(H,20,25)/t8-,9+. The van der Waals surface area contributed by atoms with Crippen LogP contribution >= 0.6 is 27.3 Å². The van der Waals surface area contributed by atoms with Crippen molar-refractivity contribution < 1.29 is 14.3 Å². The van der Waals surface area contributed by atoms with Crippen molar-refractivity contribution in [2.24, 2.45) is 0 Å². The number of thiazole rings is 1. The topological polar surface area (TPSA) is 92.9 Å². The average molecular weight is 438 g/mol. The second kappa shape index (κ2) is 6.86. The maximum Gasteiger partial charge on any atom is 0.275 e. The highest BCUT2D eigenvalue weighted by molar-refractivity contribution is 9.11. The summed E-state index contributed by atoms with van der Waals surface area (Å²) in [5.41, 5.74) is 0.896. The zero-order chi connectivity index (χ0) is 18.3. The molecule has 0 aliphatic heterocycles. The van der Waals surface area contributed by atoms with Gasteiger partial charge in [-0.3, -0.25) is 14.5 Å². The predicted molar refractivity (Wildman–Crippen MR) is 97.5 cm³/mol. The summed E-state index contributed by atoms with van der Waals surface area (Å²) in [5, 5.41) is 18.3. The maximum absolute atomic E-state index is 14.2. The fourth-order valence-electron chi connectivity index (χ4n) is 2.72. The molecule has 0 atom stereocenters. The van der Waals surface area contributed by atoms with Crippen molar-refractivity contribution in [2.45, 2.75) is 25.0 Å². The van der Waals surface area contributed by atoms with Crippen molar-refractivity contribution >= 4 is 38.9 Å². The van der Waals surface area contributed by atoms with Crippen LogP contribution in [0.2, 0.25) is 0 Å². The highest BCUT2D eigenvalue weighted by Gasteiger charge is 2.31. The number of carbonyl (C=O) groups is 1. The molecule has 2 N–H and O–H groups in total. The van der Waals surface area contributed by atoms with Crippen LogP contribution in [0.15, 0.2) is 33.8 Å². The van der Waals surface area contributed by atoms with E-state index in [2.05, 4.69) is 36.3 Å². The smallest absolute Gasteiger partial charge is 0.275 e. The summed E-state index contributed by atoms with van der Waals surface area (Å²) in [6.45, 7) is 0. The molecule has 1 fully saturated rings. The van der Waals surface area contributed by atoms with Crippen LogP contribution in [0.1, 0.15) is 29.4 Å². The highest BCUT2D eigenvalue weighted by atomic mass is 79.9. The molecule has 0 saturated heterocycles. The van der Waals surface area contributed by atoms with E-state index in [1.807, 2.05) is 0 Å². The lowest BCUT2D eigenvalue weighted by Gasteiger charge is -2.31. The number of nitrogens with one attached hydrogen (secondary N) is 1. The van der Waals surface area contributed by atoms with Crippen LogP contribution in [0, 0.1) is 5.82 Å². The summed E-state index contributed by atoms with van der Waals surface area (Å²) in [6.07, 6.45) is 3.88. The van der Waals surface area contributed by atoms with Gasteiger partial charge in [0.1, 0.15) is 17.1 Å². The molecule has 3 aromatic heterocycles. The third-order valence-electron chi connectivity index (χ3n) is 4.13. The molecule has 3 heterocycles. The van der Waals surface area contributed by atoms with Crippen LogP contribution < -0.4 is 5.32 Å². The molecular formula is C16H13BrFN5O2S. The van der Waals surface area contributed by atoms with Crippen molar-refractivity contribution in [2.75, 3.05) is 5.32 Å². The molecule has 1 aliphatic rings. The number of hydrogen-bond donors (Lipinski definition) is 2. The van der Waals surface area contributed by atoms with Crippen LogP contribution in [-0.4, -0.2) is 36.9 Å². The SMILES string of the molecule is O=C(Nc1cn([C@H]2C[C@@H](O)C2)nc1-c1ncccc1F)c1csc(Br)n1. The first-order valence-electron chi connectivity index (χ1n) is 7.81. The van der Waals surface area contributed by atoms with Crippen LogP contribution in [0.5, 0.6) is 0 Å². The molecule has 134 valence electrons. The molecule has 0 unspecified atom stereocenters. The number of amides is 1. The number of carbonyl (C=O) groups excluding carboxylic acids is 1. The van der Waals surface area contributed by atoms with Crippen LogP contribution in [-0.2, 0) is 0 Å². The van der Waals surface area contributed by atoms with Gasteiger partial charge >= 0.3 is 0 Å². The number of pyridine rings is 1. The van der Waals surface area contributed by atoms with Crippen molar-refractivity contribution in [3.8, 4) is 11.4 Å². The van der Waals surface area contributed by atoms with Crippen molar-refractivity contribution in [1.29, 1.82) is 0 Å². The van der Waals surface area contributed by atoms with E-state index in [0.717, 1.165) is 0 Å². The normalized spacial score (nSPS) is 19.2. The van der Waals surface area contributed by atoms with Gasteiger partial charge in [-0.15, -0.1) is 11.3 Å². The molecule has 0 bridgehead atoms. The number of aliphatic hydroxyl groups excluding tert-OH is 1. The van der Waals surface area contributed by atoms with Gasteiger partial charge in [-0.05, 0) is 40.9 Å². The molecule has 26 heavy (non-hydrogen) atoms. The fourth-order valence-corrected chi connectivity index (χ4v) is 3.71. The fraction of sp³-hybridized carbons (Fsp3) is 0.250. The Balaban J connectivity index is 1.69. The number of anilines is 1. The number of nitrogens with zero attached hydrogens (tertiary/aromatic N) is 4. The first kappa shape index (κ1) is 17.3. The number of rotatable bonds is 4. The molecular weight excluding hydrogens is 425 g/mol. The lowest BCUT2D eigenvalue weighted by Crippen LogP contribution is -2.31. The number of aromatic nitrogens is 4. The van der Waals surface area contributed by atoms with Gasteiger partial charge in [-0.2, -0.15) is 5.10 Å². The van der Waals surface area contributed by atoms with E-state index in [1.165, 1.54) is 29.7 Å². The van der Waals surface area contributed by atoms with Gasteiger partial charge in [-0.1, -0.05) is 0 Å². The van der Waals surface area contributed by atoms with Gasteiger partial charge in [-0.25, -0.2) is 9.37 Å². The third kappa shape index (κ3) is 3.27. The zero-order valence-corrected chi connectivity index (χ0v) is 15.7. The number of hydrogen-bond acceptors (Lipinski definition) is 6. The minimum Gasteiger partial charge on any atom is -0.393 e. The summed E-state index contributed by atoms with van der Waals surface area (Å²) >= 11 is 4.51. The Morgan fingerprint density at radius 3 is 2.88 bits per heavy atom. The average Bonchev–Trinajstić information content (AvgIpc) is 3.19. The molecule has 7 nitrogen and oxygen atoms in total. The van der Waals surface area contributed by atoms with Crippen molar-refractivity contribution in [3.05, 3.63) is 45.3 Å². The summed E-state index contributed by atoms with van der Waals surface area (Å²) < 4.78 is 16.4. The van der Waals surface area contributed by atoms with E-state index < -0.39 is 11.7 Å². The molecule has 0 radical (unpaired) electrons. The van der Waals surface area contributed by atoms with Gasteiger partial charge < -0.3 is 10.4 Å². The van der Waals surface area contributed by atoms with Gasteiger partial charge in [0.05, 0.1) is 17.8 Å². The first-order chi connectivity index (χ1) is 12.5. The highest BCUT2D eigenvalue weighted by Crippen LogP contribution is 2.35. The Morgan fingerprint density at radius 1 is 1.42 bits per heavy atom. The molecule has 1 saturated carbocycles. The van der Waals surface area contributed by atoms with E-state index >= 15 is 0 Å². The Bertz CT molecular complexity index is 969. The minimum atomic E-state index is -0.529. The second-order valence-corrected chi connectivity index (χ2v) is 8.06. The molecule has 0 spiro atoms. The Kier molecular flexibility index (Phi) is 4.55. The molecule has 1 aliphatic carbocycles. The largest absolute Gasteiger partial charge is 0.393 e. The van der Waals surface area contributed by atoms with Gasteiger partial charge in [0.15, 0.2) is 9.73 Å². The molecule has 4 rings (SSSR count). The van der Waals surface area contributed by atoms with E-state index in [0.29, 0.717) is 22.4 Å². The molecule has 0 aromatic carbocycles. The van der Waals surface area contributed by atoms with Crippen molar-refractivity contribution in [1.82, 2.24) is 19.7 Å².